The third kappa shape index (κ3) is 9.51. The Hall–Kier alpha value is -0.580. The van der Waals surface area contributed by atoms with Crippen LogP contribution < -0.4 is 5.73 Å². The molecule has 0 bridgehead atoms. The first-order chi connectivity index (χ1) is 6.10. The van der Waals surface area contributed by atoms with Crippen molar-refractivity contribution in [3.63, 3.8) is 0 Å². The summed E-state index contributed by atoms with van der Waals surface area (Å²) in [5.74, 6) is -0.374. The lowest BCUT2D eigenvalue weighted by atomic mass is 9.97. The predicted octanol–water partition coefficient (Wildman–Crippen LogP) is 2.42. The number of hydrogen-bond donors (Lipinski definition) is 1. The molecule has 0 saturated heterocycles. The van der Waals surface area contributed by atoms with Gasteiger partial charge in [-0.1, -0.05) is 0 Å². The molecule has 0 radical (unpaired) electrons. The highest BCUT2D eigenvalue weighted by atomic mass is 19.4. The highest BCUT2D eigenvalue weighted by Crippen LogP contribution is 2.22. The molecule has 0 fully saturated rings. The van der Waals surface area contributed by atoms with Crippen LogP contribution in [0.25, 0.3) is 0 Å². The second-order valence-electron chi connectivity index (χ2n) is 4.14. The summed E-state index contributed by atoms with van der Waals surface area (Å²) in [6.07, 6.45) is -5.16. The minimum absolute atomic E-state index is 0.125. The fourth-order valence-electron chi connectivity index (χ4n) is 0.868. The number of hydrogen-bond acceptors (Lipinski definition) is 2. The van der Waals surface area contributed by atoms with Crippen molar-refractivity contribution in [2.24, 2.45) is 5.73 Å². The van der Waals surface area contributed by atoms with E-state index in [9.17, 15) is 18.0 Å². The van der Waals surface area contributed by atoms with Gasteiger partial charge in [0.2, 0.25) is 0 Å². The summed E-state index contributed by atoms with van der Waals surface area (Å²) in [6, 6.07) is 0. The fourth-order valence-corrected chi connectivity index (χ4v) is 0.868. The van der Waals surface area contributed by atoms with Gasteiger partial charge in [0, 0.05) is 18.4 Å². The summed E-state index contributed by atoms with van der Waals surface area (Å²) in [5.41, 5.74) is 5.10. The number of rotatable bonds is 5. The number of carbonyl (C=O) groups excluding carboxylic acids is 1. The highest BCUT2D eigenvalue weighted by molar-refractivity contribution is 5.78. The standard InChI is InChI=1S/C9H16F3NO/c1-8(2,13)5-3-7(14)4-6-9(10,11)12/h3-6,13H2,1-2H3. The van der Waals surface area contributed by atoms with Gasteiger partial charge in [0.05, 0.1) is 6.42 Å². The second-order valence-corrected chi connectivity index (χ2v) is 4.14. The molecule has 0 aromatic rings. The quantitative estimate of drug-likeness (QED) is 0.758. The molecular formula is C9H16F3NO. The average molecular weight is 211 g/mol. The molecule has 0 aliphatic heterocycles. The molecule has 0 aliphatic carbocycles. The van der Waals surface area contributed by atoms with Crippen molar-refractivity contribution in [2.45, 2.75) is 51.2 Å². The summed E-state index contributed by atoms with van der Waals surface area (Å²) in [6.45, 7) is 3.48. The molecule has 0 spiro atoms. The topological polar surface area (TPSA) is 43.1 Å². The fraction of sp³-hybridized carbons (Fsp3) is 0.889. The van der Waals surface area contributed by atoms with E-state index in [1.807, 2.05) is 0 Å². The van der Waals surface area contributed by atoms with Crippen LogP contribution in [0.1, 0.15) is 39.5 Å². The van der Waals surface area contributed by atoms with E-state index in [1.165, 1.54) is 0 Å². The minimum Gasteiger partial charge on any atom is -0.326 e. The maximum absolute atomic E-state index is 11.7. The van der Waals surface area contributed by atoms with Gasteiger partial charge in [-0.15, -0.1) is 0 Å². The van der Waals surface area contributed by atoms with Gasteiger partial charge in [0.25, 0.3) is 0 Å². The van der Waals surface area contributed by atoms with Crippen LogP contribution in [0.2, 0.25) is 0 Å². The van der Waals surface area contributed by atoms with Gasteiger partial charge < -0.3 is 5.73 Å². The lowest BCUT2D eigenvalue weighted by Crippen LogP contribution is -2.32. The van der Waals surface area contributed by atoms with E-state index in [0.717, 1.165) is 0 Å². The first-order valence-corrected chi connectivity index (χ1v) is 4.47. The molecule has 0 unspecified atom stereocenters. The van der Waals surface area contributed by atoms with E-state index >= 15 is 0 Å². The number of Topliss-reactive ketones (excluding diaryl/α,β-unsaturated/α-hetero) is 1. The monoisotopic (exact) mass is 211 g/mol. The number of halogens is 3. The Kier molecular flexibility index (Phi) is 4.58. The first kappa shape index (κ1) is 13.4. The normalized spacial score (nSPS) is 13.0. The molecule has 0 amide bonds. The number of alkyl halides is 3. The second kappa shape index (κ2) is 4.77. The number of nitrogens with two attached hydrogens (primary N) is 1. The zero-order chi connectivity index (χ0) is 11.4. The molecule has 2 N–H and O–H groups in total. The van der Waals surface area contributed by atoms with Gasteiger partial charge in [0.1, 0.15) is 5.78 Å². The Morgan fingerprint density at radius 3 is 1.93 bits per heavy atom. The summed E-state index contributed by atoms with van der Waals surface area (Å²) in [4.78, 5) is 11.0. The van der Waals surface area contributed by atoms with Crippen LogP contribution in [0.15, 0.2) is 0 Å². The van der Waals surface area contributed by atoms with Crippen molar-refractivity contribution in [2.75, 3.05) is 0 Å². The summed E-state index contributed by atoms with van der Waals surface area (Å²) < 4.78 is 35.1. The van der Waals surface area contributed by atoms with E-state index in [2.05, 4.69) is 0 Å². The molecule has 5 heteroatoms. The molecule has 0 aliphatic rings. The van der Waals surface area contributed by atoms with E-state index in [1.54, 1.807) is 13.8 Å². The van der Waals surface area contributed by atoms with Crippen LogP contribution in [0.3, 0.4) is 0 Å². The van der Waals surface area contributed by atoms with Gasteiger partial charge in [0.15, 0.2) is 0 Å². The predicted molar refractivity (Wildman–Crippen MR) is 47.8 cm³/mol. The molecule has 0 atom stereocenters. The third-order valence-corrected chi connectivity index (χ3v) is 1.74. The van der Waals surface area contributed by atoms with E-state index in [4.69, 9.17) is 5.73 Å². The lowest BCUT2D eigenvalue weighted by molar-refractivity contribution is -0.143. The van der Waals surface area contributed by atoms with Gasteiger partial charge >= 0.3 is 6.18 Å². The van der Waals surface area contributed by atoms with E-state index in [0.29, 0.717) is 6.42 Å². The molecule has 14 heavy (non-hydrogen) atoms. The van der Waals surface area contributed by atoms with Crippen LogP contribution in [0, 0.1) is 0 Å². The summed E-state index contributed by atoms with van der Waals surface area (Å²) in [7, 11) is 0. The van der Waals surface area contributed by atoms with Crippen LogP contribution >= 0.6 is 0 Å². The Bertz CT molecular complexity index is 173. The molecule has 84 valence electrons. The largest absolute Gasteiger partial charge is 0.389 e. The highest BCUT2D eigenvalue weighted by Gasteiger charge is 2.27. The SMILES string of the molecule is CC(C)(N)CCC(=O)CCC(F)(F)F. The smallest absolute Gasteiger partial charge is 0.326 e. The van der Waals surface area contributed by atoms with Crippen molar-refractivity contribution in [1.82, 2.24) is 0 Å². The third-order valence-electron chi connectivity index (χ3n) is 1.74. The van der Waals surface area contributed by atoms with Crippen molar-refractivity contribution in [1.29, 1.82) is 0 Å². The Morgan fingerprint density at radius 2 is 1.57 bits per heavy atom. The molecular weight excluding hydrogens is 195 g/mol. The van der Waals surface area contributed by atoms with Gasteiger partial charge in [-0.05, 0) is 20.3 Å². The molecule has 0 saturated carbocycles. The van der Waals surface area contributed by atoms with Crippen molar-refractivity contribution in [3.05, 3.63) is 0 Å². The molecule has 0 heterocycles. The zero-order valence-electron chi connectivity index (χ0n) is 8.45. The molecule has 0 aromatic carbocycles. The van der Waals surface area contributed by atoms with Crippen LogP contribution in [-0.2, 0) is 4.79 Å². The van der Waals surface area contributed by atoms with Crippen LogP contribution in [0.4, 0.5) is 13.2 Å². The maximum atomic E-state index is 11.7. The van der Waals surface area contributed by atoms with Crippen molar-refractivity contribution < 1.29 is 18.0 Å². The Morgan fingerprint density at radius 1 is 1.14 bits per heavy atom. The van der Waals surface area contributed by atoms with Gasteiger partial charge in [-0.2, -0.15) is 13.2 Å². The lowest BCUT2D eigenvalue weighted by Gasteiger charge is -2.17. The first-order valence-electron chi connectivity index (χ1n) is 4.47. The van der Waals surface area contributed by atoms with Gasteiger partial charge in [-0.3, -0.25) is 4.79 Å². The average Bonchev–Trinajstić information content (AvgIpc) is 1.94. The zero-order valence-corrected chi connectivity index (χ0v) is 8.45. The van der Waals surface area contributed by atoms with Crippen molar-refractivity contribution in [3.8, 4) is 0 Å². The number of carbonyl (C=O) groups is 1. The Labute approximate surface area is 81.7 Å². The molecule has 0 aromatic heterocycles. The van der Waals surface area contributed by atoms with Crippen molar-refractivity contribution >= 4 is 5.78 Å². The van der Waals surface area contributed by atoms with E-state index < -0.39 is 24.6 Å². The minimum atomic E-state index is -4.24. The summed E-state index contributed by atoms with van der Waals surface area (Å²) in [5, 5.41) is 0. The summed E-state index contributed by atoms with van der Waals surface area (Å²) >= 11 is 0. The Balaban J connectivity index is 3.68. The van der Waals surface area contributed by atoms with Crippen LogP contribution in [0.5, 0.6) is 0 Å². The number of ketones is 1. The van der Waals surface area contributed by atoms with Crippen LogP contribution in [-0.4, -0.2) is 17.5 Å². The maximum Gasteiger partial charge on any atom is 0.389 e. The van der Waals surface area contributed by atoms with Gasteiger partial charge in [-0.25, -0.2) is 0 Å². The van der Waals surface area contributed by atoms with E-state index in [-0.39, 0.29) is 12.2 Å². The molecule has 2 nitrogen and oxygen atoms in total. The molecule has 0 rings (SSSR count).